The molecule has 1 heterocycles. The largest absolute Gasteiger partial charge is 0.462 e. The first kappa shape index (κ1) is 18.6. The molecule has 0 bridgehead atoms. The van der Waals surface area contributed by atoms with Crippen molar-refractivity contribution in [2.75, 3.05) is 6.61 Å². The molecule has 0 amide bonds. The van der Waals surface area contributed by atoms with Gasteiger partial charge in [0.2, 0.25) is 0 Å². The molecule has 2 N–H and O–H groups in total. The second kappa shape index (κ2) is 7.45. The summed E-state index contributed by atoms with van der Waals surface area (Å²) in [5, 5.41) is 19.6. The van der Waals surface area contributed by atoms with E-state index in [0.29, 0.717) is 24.8 Å². The molecule has 0 aromatic heterocycles. The lowest BCUT2D eigenvalue weighted by Crippen LogP contribution is -2.34. The molecule has 1 saturated carbocycles. The summed E-state index contributed by atoms with van der Waals surface area (Å²) >= 11 is 0. The van der Waals surface area contributed by atoms with Crippen LogP contribution in [0.3, 0.4) is 0 Å². The van der Waals surface area contributed by atoms with Gasteiger partial charge in [0.1, 0.15) is 6.10 Å². The number of aliphatic hydroxyl groups excluding tert-OH is 1. The van der Waals surface area contributed by atoms with E-state index in [1.54, 1.807) is 32.1 Å². The molecule has 1 aliphatic carbocycles. The molecule has 5 nitrogen and oxygen atoms in total. The summed E-state index contributed by atoms with van der Waals surface area (Å²) in [4.78, 5) is 24.2. The SMILES string of the molecule is C=C1CCC(O)C(=O)CCC2/C(=C/C=C/C(C)(C)O)C(=O)OCC12. The molecule has 2 rings (SSSR count). The number of esters is 1. The zero-order chi connectivity index (χ0) is 17.9. The van der Waals surface area contributed by atoms with E-state index in [1.807, 2.05) is 0 Å². The zero-order valence-electron chi connectivity index (χ0n) is 14.3. The van der Waals surface area contributed by atoms with Gasteiger partial charge < -0.3 is 14.9 Å². The van der Waals surface area contributed by atoms with E-state index in [4.69, 9.17) is 4.74 Å². The molecular weight excluding hydrogens is 308 g/mol. The highest BCUT2D eigenvalue weighted by atomic mass is 16.5. The van der Waals surface area contributed by atoms with Crippen molar-refractivity contribution in [3.05, 3.63) is 36.0 Å². The van der Waals surface area contributed by atoms with Gasteiger partial charge in [-0.05, 0) is 33.1 Å². The van der Waals surface area contributed by atoms with E-state index >= 15 is 0 Å². The molecule has 24 heavy (non-hydrogen) atoms. The van der Waals surface area contributed by atoms with Crippen LogP contribution in [0.25, 0.3) is 0 Å². The van der Waals surface area contributed by atoms with Crippen LogP contribution in [-0.4, -0.2) is 40.3 Å². The predicted molar refractivity (Wildman–Crippen MR) is 90.1 cm³/mol. The first-order valence-electron chi connectivity index (χ1n) is 8.36. The Labute approximate surface area is 142 Å². The van der Waals surface area contributed by atoms with Crippen molar-refractivity contribution in [2.45, 2.75) is 51.2 Å². The quantitative estimate of drug-likeness (QED) is 0.459. The van der Waals surface area contributed by atoms with Gasteiger partial charge in [-0.3, -0.25) is 4.79 Å². The van der Waals surface area contributed by atoms with Crippen LogP contribution in [0, 0.1) is 11.8 Å². The Kier molecular flexibility index (Phi) is 5.78. The van der Waals surface area contributed by atoms with Gasteiger partial charge in [-0.2, -0.15) is 0 Å². The van der Waals surface area contributed by atoms with Gasteiger partial charge in [0.25, 0.3) is 0 Å². The number of ether oxygens (including phenoxy) is 1. The van der Waals surface area contributed by atoms with E-state index in [9.17, 15) is 19.8 Å². The molecule has 3 atom stereocenters. The lowest BCUT2D eigenvalue weighted by atomic mass is 9.76. The van der Waals surface area contributed by atoms with Gasteiger partial charge in [0.05, 0.1) is 12.2 Å². The van der Waals surface area contributed by atoms with Crippen molar-refractivity contribution >= 4 is 11.8 Å². The number of cyclic esters (lactones) is 1. The predicted octanol–water partition coefficient (Wildman–Crippen LogP) is 2.09. The van der Waals surface area contributed by atoms with Crippen LogP contribution in [-0.2, 0) is 14.3 Å². The van der Waals surface area contributed by atoms with Gasteiger partial charge in [0, 0.05) is 23.8 Å². The minimum Gasteiger partial charge on any atom is -0.462 e. The van der Waals surface area contributed by atoms with Gasteiger partial charge in [0.15, 0.2) is 5.78 Å². The van der Waals surface area contributed by atoms with Gasteiger partial charge in [-0.15, -0.1) is 0 Å². The highest BCUT2D eigenvalue weighted by molar-refractivity contribution is 5.90. The van der Waals surface area contributed by atoms with E-state index in [2.05, 4.69) is 6.58 Å². The molecule has 0 aromatic carbocycles. The first-order valence-corrected chi connectivity index (χ1v) is 8.36. The number of hydrogen-bond acceptors (Lipinski definition) is 5. The average Bonchev–Trinajstić information content (AvgIpc) is 2.54. The molecule has 2 fully saturated rings. The third-order valence-electron chi connectivity index (χ3n) is 4.63. The smallest absolute Gasteiger partial charge is 0.334 e. The van der Waals surface area contributed by atoms with Crippen molar-refractivity contribution in [1.29, 1.82) is 0 Å². The molecular formula is C19H26O5. The molecule has 1 aliphatic heterocycles. The Morgan fingerprint density at radius 2 is 1.92 bits per heavy atom. The van der Waals surface area contributed by atoms with Crippen molar-refractivity contribution in [3.63, 3.8) is 0 Å². The summed E-state index contributed by atoms with van der Waals surface area (Å²) in [7, 11) is 0. The number of carbonyl (C=O) groups is 2. The van der Waals surface area contributed by atoms with Crippen LogP contribution in [0.1, 0.15) is 39.5 Å². The fourth-order valence-electron chi connectivity index (χ4n) is 3.20. The standard InChI is InChI=1S/C19H26O5/c1-12-6-8-16(20)17(21)9-7-13-14(5-4-10-19(2,3)23)18(22)24-11-15(12)13/h4-5,10,13,15-16,20,23H,1,6-9,11H2,2-3H3/b10-4+,14-5-. The molecule has 3 unspecified atom stereocenters. The number of Topliss-reactive ketones (excluding diaryl/α,β-unsaturated/α-hetero) is 1. The maximum Gasteiger partial charge on any atom is 0.334 e. The van der Waals surface area contributed by atoms with Crippen molar-refractivity contribution in [3.8, 4) is 0 Å². The number of aliphatic hydroxyl groups is 2. The molecule has 0 radical (unpaired) electrons. The van der Waals surface area contributed by atoms with Crippen LogP contribution < -0.4 is 0 Å². The van der Waals surface area contributed by atoms with Crippen molar-refractivity contribution in [1.82, 2.24) is 0 Å². The van der Waals surface area contributed by atoms with E-state index in [-0.39, 0.29) is 30.6 Å². The minimum absolute atomic E-state index is 0.0393. The molecule has 1 saturated heterocycles. The normalized spacial score (nSPS) is 31.4. The lowest BCUT2D eigenvalue weighted by Gasteiger charge is -2.33. The monoisotopic (exact) mass is 334 g/mol. The van der Waals surface area contributed by atoms with Gasteiger partial charge in [-0.25, -0.2) is 4.79 Å². The summed E-state index contributed by atoms with van der Waals surface area (Å²) < 4.78 is 5.29. The molecule has 132 valence electrons. The minimum atomic E-state index is -0.975. The summed E-state index contributed by atoms with van der Waals surface area (Å²) in [5.74, 6) is -0.771. The Morgan fingerprint density at radius 3 is 2.58 bits per heavy atom. The van der Waals surface area contributed by atoms with Crippen LogP contribution in [0.5, 0.6) is 0 Å². The van der Waals surface area contributed by atoms with Crippen molar-refractivity contribution in [2.24, 2.45) is 11.8 Å². The summed E-state index contributed by atoms with van der Waals surface area (Å²) in [6.45, 7) is 7.63. The second-order valence-corrected chi connectivity index (χ2v) is 7.16. The Hall–Kier alpha value is -1.72. The highest BCUT2D eigenvalue weighted by Gasteiger charge is 2.38. The fourth-order valence-corrected chi connectivity index (χ4v) is 3.20. The molecule has 0 spiro atoms. The maximum absolute atomic E-state index is 12.2. The van der Waals surface area contributed by atoms with Crippen LogP contribution in [0.2, 0.25) is 0 Å². The number of fused-ring (bicyclic) bond motifs is 1. The lowest BCUT2D eigenvalue weighted by molar-refractivity contribution is -0.145. The first-order chi connectivity index (χ1) is 11.2. The van der Waals surface area contributed by atoms with E-state index in [1.165, 1.54) is 0 Å². The topological polar surface area (TPSA) is 83.8 Å². The van der Waals surface area contributed by atoms with Crippen molar-refractivity contribution < 1.29 is 24.5 Å². The zero-order valence-corrected chi connectivity index (χ0v) is 14.3. The van der Waals surface area contributed by atoms with E-state index in [0.717, 1.165) is 5.57 Å². The number of allylic oxidation sites excluding steroid dienone is 2. The Balaban J connectivity index is 2.30. The number of ketones is 1. The van der Waals surface area contributed by atoms with Gasteiger partial charge in [-0.1, -0.05) is 30.4 Å². The Morgan fingerprint density at radius 1 is 1.21 bits per heavy atom. The molecule has 0 aromatic rings. The fraction of sp³-hybridized carbons (Fsp3) is 0.579. The van der Waals surface area contributed by atoms with Crippen LogP contribution in [0.4, 0.5) is 0 Å². The Bertz CT molecular complexity index is 579. The third-order valence-corrected chi connectivity index (χ3v) is 4.63. The van der Waals surface area contributed by atoms with Gasteiger partial charge >= 0.3 is 5.97 Å². The number of rotatable bonds is 2. The van der Waals surface area contributed by atoms with E-state index < -0.39 is 17.7 Å². The highest BCUT2D eigenvalue weighted by Crippen LogP contribution is 2.38. The number of hydrogen-bond donors (Lipinski definition) is 2. The van der Waals surface area contributed by atoms with Crippen LogP contribution in [0.15, 0.2) is 36.0 Å². The maximum atomic E-state index is 12.2. The molecule has 2 aliphatic rings. The summed E-state index contributed by atoms with van der Waals surface area (Å²) in [5.41, 5.74) is 0.424. The summed E-state index contributed by atoms with van der Waals surface area (Å²) in [6.07, 6.45) is 5.56. The summed E-state index contributed by atoms with van der Waals surface area (Å²) in [6, 6.07) is 0. The third kappa shape index (κ3) is 4.65. The molecule has 5 heteroatoms. The average molecular weight is 334 g/mol. The van der Waals surface area contributed by atoms with Crippen LogP contribution >= 0.6 is 0 Å². The second-order valence-electron chi connectivity index (χ2n) is 7.16. The number of carbonyl (C=O) groups excluding carboxylic acids is 2.